The number of furan rings is 1. The van der Waals surface area contributed by atoms with Gasteiger partial charge in [0.05, 0.1) is 0 Å². The summed E-state index contributed by atoms with van der Waals surface area (Å²) < 4.78 is 5.85. The Hall–Kier alpha value is -0.810. The van der Waals surface area contributed by atoms with Gasteiger partial charge in [0, 0.05) is 12.6 Å². The molecule has 1 aromatic heterocycles. The molecule has 88 valence electrons. The molecule has 2 N–H and O–H groups in total. The summed E-state index contributed by atoms with van der Waals surface area (Å²) in [5.41, 5.74) is 0. The summed E-state index contributed by atoms with van der Waals surface area (Å²) in [4.78, 5) is 11.1. The van der Waals surface area contributed by atoms with E-state index in [1.54, 1.807) is 12.1 Å². The third-order valence-electron chi connectivity index (χ3n) is 2.95. The van der Waals surface area contributed by atoms with Gasteiger partial charge in [-0.15, -0.1) is 0 Å². The van der Waals surface area contributed by atoms with E-state index in [-0.39, 0.29) is 0 Å². The van der Waals surface area contributed by atoms with Crippen LogP contribution in [0.15, 0.2) is 21.2 Å². The molecule has 5 heteroatoms. The zero-order valence-electron chi connectivity index (χ0n) is 8.78. The van der Waals surface area contributed by atoms with Crippen molar-refractivity contribution in [3.05, 3.63) is 22.6 Å². The van der Waals surface area contributed by atoms with Crippen LogP contribution in [-0.2, 0) is 4.79 Å². The van der Waals surface area contributed by atoms with Crippen LogP contribution in [0.5, 0.6) is 0 Å². The standard InChI is InChI=1S/C11H14BrNO3/c12-10-5-4-9(16-10)8(11(14)15)6-13-7-2-1-3-7/h4-5,7-8,13H,1-3,6H2,(H,14,15). The van der Waals surface area contributed by atoms with Gasteiger partial charge in [-0.1, -0.05) is 6.42 Å². The highest BCUT2D eigenvalue weighted by Crippen LogP contribution is 2.24. The van der Waals surface area contributed by atoms with Crippen LogP contribution < -0.4 is 5.32 Å². The largest absolute Gasteiger partial charge is 0.481 e. The number of aliphatic carboxylic acids is 1. The highest BCUT2D eigenvalue weighted by atomic mass is 79.9. The second-order valence-electron chi connectivity index (χ2n) is 4.07. The van der Waals surface area contributed by atoms with Crippen molar-refractivity contribution in [3.63, 3.8) is 0 Å². The van der Waals surface area contributed by atoms with Gasteiger partial charge in [-0.25, -0.2) is 0 Å². The molecule has 0 bridgehead atoms. The first-order chi connectivity index (χ1) is 7.66. The Kier molecular flexibility index (Phi) is 3.66. The number of carboxylic acid groups (broad SMARTS) is 1. The lowest BCUT2D eigenvalue weighted by Crippen LogP contribution is -2.39. The first-order valence-electron chi connectivity index (χ1n) is 5.38. The number of rotatable bonds is 5. The van der Waals surface area contributed by atoms with Crippen LogP contribution in [0.2, 0.25) is 0 Å². The Morgan fingerprint density at radius 1 is 1.62 bits per heavy atom. The van der Waals surface area contributed by atoms with Crippen LogP contribution in [0.3, 0.4) is 0 Å². The lowest BCUT2D eigenvalue weighted by atomic mass is 9.92. The number of nitrogens with one attached hydrogen (secondary N) is 1. The summed E-state index contributed by atoms with van der Waals surface area (Å²) in [5.74, 6) is -0.966. The van der Waals surface area contributed by atoms with Crippen LogP contribution in [-0.4, -0.2) is 23.7 Å². The van der Waals surface area contributed by atoms with E-state index in [0.717, 1.165) is 12.8 Å². The zero-order valence-corrected chi connectivity index (χ0v) is 10.4. The average molecular weight is 288 g/mol. The van der Waals surface area contributed by atoms with Crippen LogP contribution in [0.1, 0.15) is 30.9 Å². The highest BCUT2D eigenvalue weighted by Gasteiger charge is 2.25. The molecule has 1 fully saturated rings. The van der Waals surface area contributed by atoms with Gasteiger partial charge < -0.3 is 14.8 Å². The Morgan fingerprint density at radius 2 is 2.38 bits per heavy atom. The second kappa shape index (κ2) is 5.01. The molecule has 16 heavy (non-hydrogen) atoms. The molecule has 0 amide bonds. The summed E-state index contributed by atoms with van der Waals surface area (Å²) in [5, 5.41) is 12.4. The Labute approximate surface area is 102 Å². The molecule has 2 rings (SSSR count). The van der Waals surface area contributed by atoms with Crippen molar-refractivity contribution in [3.8, 4) is 0 Å². The van der Waals surface area contributed by atoms with Crippen molar-refractivity contribution in [2.75, 3.05) is 6.54 Å². The van der Waals surface area contributed by atoms with Gasteiger partial charge in [0.25, 0.3) is 0 Å². The van der Waals surface area contributed by atoms with Crippen LogP contribution in [0.4, 0.5) is 0 Å². The first-order valence-corrected chi connectivity index (χ1v) is 6.17. The second-order valence-corrected chi connectivity index (χ2v) is 4.85. The van der Waals surface area contributed by atoms with Gasteiger partial charge >= 0.3 is 5.97 Å². The topological polar surface area (TPSA) is 62.5 Å². The molecule has 0 saturated heterocycles. The average Bonchev–Trinajstić information content (AvgIpc) is 2.55. The molecule has 1 aliphatic rings. The summed E-state index contributed by atoms with van der Waals surface area (Å²) in [6.45, 7) is 0.431. The van der Waals surface area contributed by atoms with Gasteiger partial charge in [-0.2, -0.15) is 0 Å². The van der Waals surface area contributed by atoms with E-state index < -0.39 is 11.9 Å². The normalized spacial score (nSPS) is 18.1. The number of carboxylic acids is 1. The maximum Gasteiger partial charge on any atom is 0.315 e. The molecule has 1 aromatic rings. The first kappa shape index (κ1) is 11.7. The summed E-state index contributed by atoms with van der Waals surface area (Å²) in [6, 6.07) is 3.90. The molecule has 1 heterocycles. The molecule has 0 radical (unpaired) electrons. The van der Waals surface area contributed by atoms with Crippen LogP contribution in [0, 0.1) is 0 Å². The molecule has 1 saturated carbocycles. The molecule has 1 atom stereocenters. The summed E-state index contributed by atoms with van der Waals surface area (Å²) >= 11 is 3.17. The van der Waals surface area contributed by atoms with E-state index in [9.17, 15) is 4.79 Å². The van der Waals surface area contributed by atoms with Gasteiger partial charge in [-0.3, -0.25) is 4.79 Å². The smallest absolute Gasteiger partial charge is 0.315 e. The minimum atomic E-state index is -0.853. The molecule has 0 spiro atoms. The molecule has 1 aliphatic carbocycles. The van der Waals surface area contributed by atoms with Crippen molar-refractivity contribution < 1.29 is 14.3 Å². The SMILES string of the molecule is O=C(O)C(CNC1CCC1)c1ccc(Br)o1. The van der Waals surface area contributed by atoms with E-state index in [0.29, 0.717) is 23.0 Å². The van der Waals surface area contributed by atoms with E-state index in [1.807, 2.05) is 0 Å². The van der Waals surface area contributed by atoms with Crippen molar-refractivity contribution in [1.82, 2.24) is 5.32 Å². The zero-order chi connectivity index (χ0) is 11.5. The highest BCUT2D eigenvalue weighted by molar-refractivity contribution is 9.10. The predicted octanol–water partition coefficient (Wildman–Crippen LogP) is 2.35. The van der Waals surface area contributed by atoms with Gasteiger partial charge in [0.1, 0.15) is 11.7 Å². The maximum atomic E-state index is 11.1. The molecular formula is C11H14BrNO3. The monoisotopic (exact) mass is 287 g/mol. The summed E-state index contributed by atoms with van der Waals surface area (Å²) in [6.07, 6.45) is 3.53. The Bertz CT molecular complexity index is 373. The third kappa shape index (κ3) is 2.65. The predicted molar refractivity (Wildman–Crippen MR) is 62.4 cm³/mol. The van der Waals surface area contributed by atoms with Crippen LogP contribution in [0.25, 0.3) is 0 Å². The minimum Gasteiger partial charge on any atom is -0.481 e. The fourth-order valence-electron chi connectivity index (χ4n) is 1.72. The number of carbonyl (C=O) groups is 1. The molecule has 0 aliphatic heterocycles. The van der Waals surface area contributed by atoms with E-state index >= 15 is 0 Å². The van der Waals surface area contributed by atoms with Gasteiger partial charge in [0.2, 0.25) is 0 Å². The van der Waals surface area contributed by atoms with Crippen molar-refractivity contribution >= 4 is 21.9 Å². The molecule has 4 nitrogen and oxygen atoms in total. The minimum absolute atomic E-state index is 0.431. The summed E-state index contributed by atoms with van der Waals surface area (Å²) in [7, 11) is 0. The number of hydrogen-bond donors (Lipinski definition) is 2. The fraction of sp³-hybridized carbons (Fsp3) is 0.545. The maximum absolute atomic E-state index is 11.1. The van der Waals surface area contributed by atoms with Gasteiger partial charge in [-0.05, 0) is 40.9 Å². The van der Waals surface area contributed by atoms with Crippen molar-refractivity contribution in [1.29, 1.82) is 0 Å². The van der Waals surface area contributed by atoms with Crippen molar-refractivity contribution in [2.24, 2.45) is 0 Å². The quantitative estimate of drug-likeness (QED) is 0.873. The van der Waals surface area contributed by atoms with Crippen molar-refractivity contribution in [2.45, 2.75) is 31.2 Å². The molecule has 1 unspecified atom stereocenters. The lowest BCUT2D eigenvalue weighted by Gasteiger charge is -2.27. The molecular weight excluding hydrogens is 274 g/mol. The van der Waals surface area contributed by atoms with E-state index in [4.69, 9.17) is 9.52 Å². The Balaban J connectivity index is 1.96. The lowest BCUT2D eigenvalue weighted by molar-refractivity contribution is -0.139. The number of hydrogen-bond acceptors (Lipinski definition) is 3. The Morgan fingerprint density at radius 3 is 2.81 bits per heavy atom. The van der Waals surface area contributed by atoms with Crippen LogP contribution >= 0.6 is 15.9 Å². The third-order valence-corrected chi connectivity index (χ3v) is 3.38. The fourth-order valence-corrected chi connectivity index (χ4v) is 2.04. The van der Waals surface area contributed by atoms with Gasteiger partial charge in [0.15, 0.2) is 4.67 Å². The van der Waals surface area contributed by atoms with E-state index in [1.165, 1.54) is 6.42 Å². The molecule has 0 aromatic carbocycles. The number of halogens is 1. The van der Waals surface area contributed by atoms with E-state index in [2.05, 4.69) is 21.2 Å².